The van der Waals surface area contributed by atoms with E-state index in [9.17, 15) is 0 Å². The van der Waals surface area contributed by atoms with Crippen molar-refractivity contribution in [2.75, 3.05) is 26.2 Å². The lowest BCUT2D eigenvalue weighted by Crippen LogP contribution is -2.38. The fraction of sp³-hybridized carbons (Fsp3) is 0.727. The third-order valence-corrected chi connectivity index (χ3v) is 3.68. The first-order valence-electron chi connectivity index (χ1n) is 5.72. The number of aromatic nitrogens is 1. The van der Waals surface area contributed by atoms with E-state index in [4.69, 9.17) is 9.84 Å². The van der Waals surface area contributed by atoms with Crippen LogP contribution in [0.2, 0.25) is 0 Å². The molecule has 16 heavy (non-hydrogen) atoms. The summed E-state index contributed by atoms with van der Waals surface area (Å²) in [7, 11) is 0. The second kappa shape index (κ2) is 5.72. The molecule has 1 N–H and O–H groups in total. The summed E-state index contributed by atoms with van der Waals surface area (Å²) in [6.45, 7) is 6.05. The summed E-state index contributed by atoms with van der Waals surface area (Å²) in [5.41, 5.74) is 0.746. The van der Waals surface area contributed by atoms with Gasteiger partial charge in [0, 0.05) is 18.5 Å². The highest BCUT2D eigenvalue weighted by atomic mass is 32.1. The van der Waals surface area contributed by atoms with Crippen LogP contribution in [0.25, 0.3) is 0 Å². The van der Waals surface area contributed by atoms with Gasteiger partial charge in [0.2, 0.25) is 0 Å². The monoisotopic (exact) mass is 242 g/mol. The zero-order valence-electron chi connectivity index (χ0n) is 9.56. The van der Waals surface area contributed by atoms with Crippen LogP contribution in [0.4, 0.5) is 0 Å². The Balaban J connectivity index is 1.98. The average Bonchev–Trinajstić information content (AvgIpc) is 2.78. The topological polar surface area (TPSA) is 45.6 Å². The molecule has 0 bridgehead atoms. The zero-order valence-corrected chi connectivity index (χ0v) is 10.4. The van der Waals surface area contributed by atoms with Crippen molar-refractivity contribution in [3.8, 4) is 0 Å². The van der Waals surface area contributed by atoms with E-state index >= 15 is 0 Å². The molecule has 1 aromatic rings. The number of hydrogen-bond donors (Lipinski definition) is 1. The highest BCUT2D eigenvalue weighted by Crippen LogP contribution is 2.25. The quantitative estimate of drug-likeness (QED) is 0.867. The van der Waals surface area contributed by atoms with Crippen LogP contribution in [0.1, 0.15) is 30.2 Å². The first-order valence-corrected chi connectivity index (χ1v) is 6.60. The lowest BCUT2D eigenvalue weighted by atomic mass is 10.2. The van der Waals surface area contributed by atoms with E-state index in [1.807, 2.05) is 5.38 Å². The van der Waals surface area contributed by atoms with Crippen molar-refractivity contribution in [2.45, 2.75) is 26.1 Å². The summed E-state index contributed by atoms with van der Waals surface area (Å²) < 4.78 is 5.72. The van der Waals surface area contributed by atoms with E-state index in [0.29, 0.717) is 0 Å². The van der Waals surface area contributed by atoms with E-state index in [2.05, 4.69) is 16.8 Å². The molecule has 0 amide bonds. The Morgan fingerprint density at radius 2 is 2.56 bits per heavy atom. The molecule has 5 heteroatoms. The minimum atomic E-state index is 0.0158. The Morgan fingerprint density at radius 1 is 1.69 bits per heavy atom. The molecule has 1 saturated heterocycles. The average molecular weight is 242 g/mol. The van der Waals surface area contributed by atoms with Gasteiger partial charge in [-0.1, -0.05) is 6.92 Å². The van der Waals surface area contributed by atoms with Crippen molar-refractivity contribution in [3.05, 3.63) is 16.1 Å². The molecule has 0 aromatic carbocycles. The molecule has 1 unspecified atom stereocenters. The number of aliphatic hydroxyl groups is 1. The summed E-state index contributed by atoms with van der Waals surface area (Å²) >= 11 is 1.58. The molecular formula is C11H18N2O2S. The Labute approximate surface area is 99.9 Å². The third kappa shape index (κ3) is 2.79. The first kappa shape index (κ1) is 12.0. The van der Waals surface area contributed by atoms with Crippen molar-refractivity contribution in [3.63, 3.8) is 0 Å². The summed E-state index contributed by atoms with van der Waals surface area (Å²) in [5.74, 6) is 0. The molecule has 1 aliphatic heterocycles. The van der Waals surface area contributed by atoms with Crippen LogP contribution >= 0.6 is 11.3 Å². The van der Waals surface area contributed by atoms with Crippen LogP contribution in [0.15, 0.2) is 5.38 Å². The van der Waals surface area contributed by atoms with E-state index in [0.717, 1.165) is 36.9 Å². The van der Waals surface area contributed by atoms with Crippen molar-refractivity contribution in [1.29, 1.82) is 0 Å². The molecule has 90 valence electrons. The second-order valence-electron chi connectivity index (χ2n) is 4.00. The van der Waals surface area contributed by atoms with Gasteiger partial charge < -0.3 is 9.84 Å². The van der Waals surface area contributed by atoms with Crippen LogP contribution in [0, 0.1) is 0 Å². The molecule has 1 fully saturated rings. The van der Waals surface area contributed by atoms with Crippen LogP contribution in [0.5, 0.6) is 0 Å². The van der Waals surface area contributed by atoms with Crippen molar-refractivity contribution < 1.29 is 9.84 Å². The maximum absolute atomic E-state index is 8.98. The SMILES string of the molecule is CCCN1CCOC(c2nc(CO)cs2)C1. The highest BCUT2D eigenvalue weighted by molar-refractivity contribution is 7.09. The summed E-state index contributed by atoms with van der Waals surface area (Å²) in [6.07, 6.45) is 1.26. The zero-order chi connectivity index (χ0) is 11.4. The molecule has 0 saturated carbocycles. The van der Waals surface area contributed by atoms with Gasteiger partial charge in [0.15, 0.2) is 0 Å². The van der Waals surface area contributed by atoms with Gasteiger partial charge in [0.25, 0.3) is 0 Å². The fourth-order valence-corrected chi connectivity index (χ4v) is 2.76. The lowest BCUT2D eigenvalue weighted by molar-refractivity contribution is -0.0300. The molecule has 0 radical (unpaired) electrons. The lowest BCUT2D eigenvalue weighted by Gasteiger charge is -2.31. The summed E-state index contributed by atoms with van der Waals surface area (Å²) in [5, 5.41) is 11.9. The van der Waals surface area contributed by atoms with Gasteiger partial charge in [-0.25, -0.2) is 4.98 Å². The van der Waals surface area contributed by atoms with Gasteiger partial charge in [-0.2, -0.15) is 0 Å². The molecule has 2 heterocycles. The van der Waals surface area contributed by atoms with E-state index in [1.54, 1.807) is 11.3 Å². The van der Waals surface area contributed by atoms with E-state index in [1.165, 1.54) is 6.42 Å². The fourth-order valence-electron chi connectivity index (χ4n) is 1.91. The third-order valence-electron chi connectivity index (χ3n) is 2.70. The van der Waals surface area contributed by atoms with Crippen LogP contribution < -0.4 is 0 Å². The van der Waals surface area contributed by atoms with Crippen molar-refractivity contribution >= 4 is 11.3 Å². The Bertz CT molecular complexity index is 328. The minimum Gasteiger partial charge on any atom is -0.390 e. The molecule has 1 atom stereocenters. The van der Waals surface area contributed by atoms with Crippen LogP contribution in [-0.4, -0.2) is 41.2 Å². The van der Waals surface area contributed by atoms with E-state index < -0.39 is 0 Å². The number of nitrogens with zero attached hydrogens (tertiary/aromatic N) is 2. The first-order chi connectivity index (χ1) is 7.83. The van der Waals surface area contributed by atoms with Gasteiger partial charge in [-0.05, 0) is 13.0 Å². The smallest absolute Gasteiger partial charge is 0.123 e. The molecular weight excluding hydrogens is 224 g/mol. The van der Waals surface area contributed by atoms with Gasteiger partial charge >= 0.3 is 0 Å². The predicted octanol–water partition coefficient (Wildman–Crippen LogP) is 1.42. The normalized spacial score (nSPS) is 22.5. The molecule has 1 aromatic heterocycles. The van der Waals surface area contributed by atoms with Gasteiger partial charge in [-0.15, -0.1) is 11.3 Å². The van der Waals surface area contributed by atoms with E-state index in [-0.39, 0.29) is 12.7 Å². The summed E-state index contributed by atoms with van der Waals surface area (Å²) in [4.78, 5) is 6.77. The van der Waals surface area contributed by atoms with Crippen LogP contribution in [-0.2, 0) is 11.3 Å². The molecule has 4 nitrogen and oxygen atoms in total. The standard InChI is InChI=1S/C11H18N2O2S/c1-2-3-13-4-5-15-10(6-13)11-12-9(7-14)8-16-11/h8,10,14H,2-7H2,1H3. The van der Waals surface area contributed by atoms with Gasteiger partial charge in [0.1, 0.15) is 11.1 Å². The number of aliphatic hydroxyl groups excluding tert-OH is 1. The number of rotatable bonds is 4. The highest BCUT2D eigenvalue weighted by Gasteiger charge is 2.23. The number of hydrogen-bond acceptors (Lipinski definition) is 5. The molecule has 1 aliphatic rings. The van der Waals surface area contributed by atoms with Crippen molar-refractivity contribution in [2.24, 2.45) is 0 Å². The molecule has 0 spiro atoms. The Hall–Kier alpha value is -0.490. The molecule has 0 aliphatic carbocycles. The largest absolute Gasteiger partial charge is 0.390 e. The Kier molecular flexibility index (Phi) is 4.29. The van der Waals surface area contributed by atoms with Gasteiger partial charge in [0.05, 0.1) is 18.9 Å². The second-order valence-corrected chi connectivity index (χ2v) is 4.88. The van der Waals surface area contributed by atoms with Gasteiger partial charge in [-0.3, -0.25) is 4.90 Å². The maximum Gasteiger partial charge on any atom is 0.123 e. The predicted molar refractivity (Wildman–Crippen MR) is 63.5 cm³/mol. The molecule has 2 rings (SSSR count). The minimum absolute atomic E-state index is 0.0158. The maximum atomic E-state index is 8.98. The number of thiazole rings is 1. The number of ether oxygens (including phenoxy) is 1. The van der Waals surface area contributed by atoms with Crippen LogP contribution in [0.3, 0.4) is 0 Å². The Morgan fingerprint density at radius 3 is 3.25 bits per heavy atom. The van der Waals surface area contributed by atoms with Crippen molar-refractivity contribution in [1.82, 2.24) is 9.88 Å². The number of morpholine rings is 1. The summed E-state index contributed by atoms with van der Waals surface area (Å²) in [6, 6.07) is 0.